The average Bonchev–Trinajstić information content (AvgIpc) is 3.06. The lowest BCUT2D eigenvalue weighted by molar-refractivity contribution is -0.0343. The van der Waals surface area contributed by atoms with Crippen molar-refractivity contribution in [3.8, 4) is 11.3 Å². The minimum absolute atomic E-state index is 0.0177. The number of aliphatic hydroxyl groups is 1. The summed E-state index contributed by atoms with van der Waals surface area (Å²) in [7, 11) is 0. The fourth-order valence-electron chi connectivity index (χ4n) is 3.80. The molecule has 0 saturated carbocycles. The molecule has 1 aliphatic heterocycles. The van der Waals surface area contributed by atoms with Gasteiger partial charge in [-0.25, -0.2) is 18.0 Å². The summed E-state index contributed by atoms with van der Waals surface area (Å²) in [6.45, 7) is 2.10. The number of halogens is 3. The first kappa shape index (κ1) is 20.3. The third kappa shape index (κ3) is 3.52. The Morgan fingerprint density at radius 3 is 2.57 bits per heavy atom. The monoisotopic (exact) mass is 418 g/mol. The maximum absolute atomic E-state index is 14.3. The van der Waals surface area contributed by atoms with Gasteiger partial charge in [-0.15, -0.1) is 0 Å². The Balaban J connectivity index is 1.61. The third-order valence-electron chi connectivity index (χ3n) is 5.73. The molecule has 1 saturated heterocycles. The number of nitrogens with zero attached hydrogens (tertiary/aromatic N) is 1. The maximum Gasteiger partial charge on any atom is 0.410 e. The van der Waals surface area contributed by atoms with Crippen molar-refractivity contribution in [3.63, 3.8) is 0 Å². The predicted octanol–water partition coefficient (Wildman–Crippen LogP) is 4.39. The van der Waals surface area contributed by atoms with E-state index >= 15 is 0 Å². The molecule has 158 valence electrons. The van der Waals surface area contributed by atoms with Gasteiger partial charge in [0, 0.05) is 30.1 Å². The smallest absolute Gasteiger partial charge is 0.410 e. The van der Waals surface area contributed by atoms with Crippen LogP contribution in [0.15, 0.2) is 36.4 Å². The first-order valence-electron chi connectivity index (χ1n) is 9.63. The highest BCUT2D eigenvalue weighted by molar-refractivity contribution is 5.91. The number of rotatable bonds is 5. The van der Waals surface area contributed by atoms with Gasteiger partial charge in [0.1, 0.15) is 17.5 Å². The molecule has 0 aliphatic carbocycles. The van der Waals surface area contributed by atoms with Gasteiger partial charge in [-0.05, 0) is 54.8 Å². The number of hydrogen-bond donors (Lipinski definition) is 2. The summed E-state index contributed by atoms with van der Waals surface area (Å²) >= 11 is 0. The predicted molar refractivity (Wildman–Crippen MR) is 105 cm³/mol. The lowest BCUT2D eigenvalue weighted by Crippen LogP contribution is -2.62. The van der Waals surface area contributed by atoms with Crippen LogP contribution in [0.2, 0.25) is 0 Å². The van der Waals surface area contributed by atoms with E-state index in [0.29, 0.717) is 35.2 Å². The molecular formula is C22H21F3N2O3. The van der Waals surface area contributed by atoms with E-state index in [-0.39, 0.29) is 25.2 Å². The van der Waals surface area contributed by atoms with Crippen LogP contribution in [0.1, 0.15) is 18.9 Å². The van der Waals surface area contributed by atoms with Crippen molar-refractivity contribution in [3.05, 3.63) is 59.4 Å². The second kappa shape index (κ2) is 7.68. The SMILES string of the molecule is CC1(CO)CCN1C(=O)OCCc1c(-c2ccc(F)cc2)[nH]c2c(F)cc(F)cc12. The van der Waals surface area contributed by atoms with Gasteiger partial charge in [-0.1, -0.05) is 0 Å². The van der Waals surface area contributed by atoms with Crippen LogP contribution in [0.4, 0.5) is 18.0 Å². The molecule has 1 aromatic heterocycles. The van der Waals surface area contributed by atoms with Crippen LogP contribution >= 0.6 is 0 Å². The molecule has 1 fully saturated rings. The summed E-state index contributed by atoms with van der Waals surface area (Å²) in [6, 6.07) is 7.64. The molecule has 0 bridgehead atoms. The van der Waals surface area contributed by atoms with Crippen molar-refractivity contribution in [2.45, 2.75) is 25.3 Å². The van der Waals surface area contributed by atoms with E-state index in [9.17, 15) is 23.1 Å². The van der Waals surface area contributed by atoms with Gasteiger partial charge in [-0.2, -0.15) is 0 Å². The van der Waals surface area contributed by atoms with Gasteiger partial charge in [-0.3, -0.25) is 0 Å². The number of H-pyrrole nitrogens is 1. The van der Waals surface area contributed by atoms with Gasteiger partial charge in [0.15, 0.2) is 0 Å². The second-order valence-electron chi connectivity index (χ2n) is 7.72. The van der Waals surface area contributed by atoms with Gasteiger partial charge in [0.05, 0.1) is 24.3 Å². The summed E-state index contributed by atoms with van der Waals surface area (Å²) in [5, 5.41) is 9.78. The molecule has 2 aromatic carbocycles. The highest BCUT2D eigenvalue weighted by Gasteiger charge is 2.43. The number of carbonyl (C=O) groups is 1. The molecule has 1 atom stereocenters. The van der Waals surface area contributed by atoms with Gasteiger partial charge in [0.25, 0.3) is 0 Å². The third-order valence-corrected chi connectivity index (χ3v) is 5.73. The first-order chi connectivity index (χ1) is 14.3. The number of hydrogen-bond acceptors (Lipinski definition) is 3. The number of ether oxygens (including phenoxy) is 1. The second-order valence-corrected chi connectivity index (χ2v) is 7.72. The molecule has 8 heteroatoms. The van der Waals surface area contributed by atoms with Crippen LogP contribution in [0.5, 0.6) is 0 Å². The van der Waals surface area contributed by atoms with Crippen molar-refractivity contribution in [1.29, 1.82) is 0 Å². The van der Waals surface area contributed by atoms with Crippen LogP contribution in [-0.2, 0) is 11.2 Å². The van der Waals surface area contributed by atoms with Gasteiger partial charge >= 0.3 is 6.09 Å². The first-order valence-corrected chi connectivity index (χ1v) is 9.63. The Morgan fingerprint density at radius 2 is 1.93 bits per heavy atom. The van der Waals surface area contributed by atoms with E-state index < -0.39 is 29.1 Å². The Labute approximate surface area is 171 Å². The van der Waals surface area contributed by atoms with Crippen LogP contribution in [-0.4, -0.2) is 46.4 Å². The number of aromatic nitrogens is 1. The number of nitrogens with one attached hydrogen (secondary N) is 1. The molecule has 1 unspecified atom stereocenters. The van der Waals surface area contributed by atoms with E-state index in [0.717, 1.165) is 6.07 Å². The van der Waals surface area contributed by atoms with Crippen molar-refractivity contribution >= 4 is 17.0 Å². The molecule has 0 spiro atoms. The molecule has 2 N–H and O–H groups in total. The van der Waals surface area contributed by atoms with E-state index in [1.165, 1.54) is 35.2 Å². The van der Waals surface area contributed by atoms with E-state index in [2.05, 4.69) is 4.98 Å². The summed E-state index contributed by atoms with van der Waals surface area (Å²) in [5.74, 6) is -1.87. The summed E-state index contributed by atoms with van der Waals surface area (Å²) < 4.78 is 46.8. The molecule has 1 aliphatic rings. The lowest BCUT2D eigenvalue weighted by atomic mass is 9.88. The van der Waals surface area contributed by atoms with Crippen LogP contribution in [0.3, 0.4) is 0 Å². The Morgan fingerprint density at radius 1 is 1.20 bits per heavy atom. The summed E-state index contributed by atoms with van der Waals surface area (Å²) in [6.07, 6.45) is 0.345. The highest BCUT2D eigenvalue weighted by atomic mass is 19.1. The lowest BCUT2D eigenvalue weighted by Gasteiger charge is -2.48. The number of benzene rings is 2. The zero-order chi connectivity index (χ0) is 21.5. The number of aromatic amines is 1. The number of fused-ring (bicyclic) bond motifs is 1. The number of aliphatic hydroxyl groups excluding tert-OH is 1. The summed E-state index contributed by atoms with van der Waals surface area (Å²) in [5.41, 5.74) is 1.19. The molecule has 1 amide bonds. The fourth-order valence-corrected chi connectivity index (χ4v) is 3.80. The maximum atomic E-state index is 14.3. The number of likely N-dealkylation sites (tertiary alicyclic amines) is 1. The van der Waals surface area contributed by atoms with E-state index in [1.807, 2.05) is 0 Å². The molecule has 30 heavy (non-hydrogen) atoms. The van der Waals surface area contributed by atoms with Crippen molar-refractivity contribution in [2.75, 3.05) is 19.8 Å². The molecule has 5 nitrogen and oxygen atoms in total. The fraction of sp³-hybridized carbons (Fsp3) is 0.318. The molecule has 3 aromatic rings. The van der Waals surface area contributed by atoms with Gasteiger partial charge < -0.3 is 19.7 Å². The molecule has 0 radical (unpaired) electrons. The number of carbonyl (C=O) groups excluding carboxylic acids is 1. The van der Waals surface area contributed by atoms with Crippen LogP contribution < -0.4 is 0 Å². The standard InChI is InChI=1S/C22H21F3N2O3/c1-22(12-28)7-8-27(22)21(29)30-9-6-16-17-10-15(24)11-18(25)20(17)26-19(16)13-2-4-14(23)5-3-13/h2-5,10-11,26,28H,6-9,12H2,1H3. The Kier molecular flexibility index (Phi) is 5.19. The quantitative estimate of drug-likeness (QED) is 0.646. The average molecular weight is 418 g/mol. The number of amides is 1. The van der Waals surface area contributed by atoms with E-state index in [1.54, 1.807) is 6.92 Å². The normalized spacial score (nSPS) is 18.5. The minimum atomic E-state index is -0.740. The summed E-state index contributed by atoms with van der Waals surface area (Å²) in [4.78, 5) is 16.7. The van der Waals surface area contributed by atoms with Crippen molar-refractivity contribution < 1.29 is 27.8 Å². The minimum Gasteiger partial charge on any atom is -0.449 e. The molecule has 2 heterocycles. The molecular weight excluding hydrogens is 397 g/mol. The van der Waals surface area contributed by atoms with E-state index in [4.69, 9.17) is 4.74 Å². The topological polar surface area (TPSA) is 65.6 Å². The highest BCUT2D eigenvalue weighted by Crippen LogP contribution is 2.33. The molecule has 4 rings (SSSR count). The zero-order valence-corrected chi connectivity index (χ0v) is 16.3. The van der Waals surface area contributed by atoms with Crippen LogP contribution in [0, 0.1) is 17.5 Å². The van der Waals surface area contributed by atoms with Crippen molar-refractivity contribution in [1.82, 2.24) is 9.88 Å². The Hall–Kier alpha value is -3.00. The van der Waals surface area contributed by atoms with Crippen molar-refractivity contribution in [2.24, 2.45) is 0 Å². The zero-order valence-electron chi connectivity index (χ0n) is 16.3. The Bertz CT molecular complexity index is 1090. The largest absolute Gasteiger partial charge is 0.449 e. The van der Waals surface area contributed by atoms with Gasteiger partial charge in [0.2, 0.25) is 0 Å². The van der Waals surface area contributed by atoms with Crippen LogP contribution in [0.25, 0.3) is 22.2 Å².